The highest BCUT2D eigenvalue weighted by Gasteiger charge is 2.34. The van der Waals surface area contributed by atoms with Crippen LogP contribution < -0.4 is 0 Å². The summed E-state index contributed by atoms with van der Waals surface area (Å²) in [6.45, 7) is 1.57. The third kappa shape index (κ3) is 5.16. The van der Waals surface area contributed by atoms with Gasteiger partial charge in [-0.25, -0.2) is 17.8 Å². The molecule has 0 saturated carbocycles. The molecule has 0 radical (unpaired) electrons. The van der Waals surface area contributed by atoms with Crippen molar-refractivity contribution in [3.05, 3.63) is 59.1 Å². The van der Waals surface area contributed by atoms with Crippen molar-refractivity contribution < 1.29 is 17.6 Å². The van der Waals surface area contributed by atoms with Crippen LogP contribution in [0, 0.1) is 0 Å². The smallest absolute Gasteiger partial charge is 0.227 e. The molecule has 1 saturated heterocycles. The molecule has 32 heavy (non-hydrogen) atoms. The molecule has 0 bridgehead atoms. The molecular formula is C23H26FN3O3S2. The SMILES string of the molecule is CN(C(=O)Cc1ccc(S(C)(=O)=O)cc1)[C@@H]1CCN(Cc2nc3ccccc3s2)C[C@@H]1F. The van der Waals surface area contributed by atoms with E-state index in [4.69, 9.17) is 0 Å². The normalized spacial score (nSPS) is 19.8. The first-order valence-electron chi connectivity index (χ1n) is 10.5. The molecule has 0 unspecified atom stereocenters. The van der Waals surface area contributed by atoms with Gasteiger partial charge in [0.15, 0.2) is 9.84 Å². The molecule has 2 aromatic carbocycles. The third-order valence-electron chi connectivity index (χ3n) is 5.89. The van der Waals surface area contributed by atoms with Crippen LogP contribution in [0.5, 0.6) is 0 Å². The minimum Gasteiger partial charge on any atom is -0.339 e. The van der Waals surface area contributed by atoms with E-state index in [1.165, 1.54) is 17.0 Å². The predicted molar refractivity (Wildman–Crippen MR) is 124 cm³/mol. The highest BCUT2D eigenvalue weighted by molar-refractivity contribution is 7.90. The van der Waals surface area contributed by atoms with Crippen LogP contribution in [0.3, 0.4) is 0 Å². The Hall–Kier alpha value is -2.36. The fraction of sp³-hybridized carbons (Fsp3) is 0.391. The number of fused-ring (bicyclic) bond motifs is 1. The monoisotopic (exact) mass is 475 g/mol. The van der Waals surface area contributed by atoms with E-state index in [-0.39, 0.29) is 23.8 Å². The van der Waals surface area contributed by atoms with Crippen molar-refractivity contribution >= 4 is 37.3 Å². The van der Waals surface area contributed by atoms with Gasteiger partial charge in [0.2, 0.25) is 5.91 Å². The summed E-state index contributed by atoms with van der Waals surface area (Å²) in [5.41, 5.74) is 1.67. The molecule has 4 rings (SSSR count). The molecule has 170 valence electrons. The van der Waals surface area contributed by atoms with E-state index in [1.807, 2.05) is 24.3 Å². The molecule has 6 nitrogen and oxygen atoms in total. The first-order chi connectivity index (χ1) is 15.2. The van der Waals surface area contributed by atoms with E-state index >= 15 is 4.39 Å². The Morgan fingerprint density at radius 2 is 1.94 bits per heavy atom. The van der Waals surface area contributed by atoms with E-state index in [1.54, 1.807) is 30.5 Å². The number of likely N-dealkylation sites (N-methyl/N-ethyl adjacent to an activating group) is 1. The molecule has 1 aliphatic rings. The van der Waals surface area contributed by atoms with Crippen molar-refractivity contribution in [2.24, 2.45) is 0 Å². The number of rotatable bonds is 6. The second-order valence-electron chi connectivity index (χ2n) is 8.28. The highest BCUT2D eigenvalue weighted by atomic mass is 32.2. The van der Waals surface area contributed by atoms with Crippen LogP contribution in [-0.4, -0.2) is 67.7 Å². The molecule has 1 amide bonds. The van der Waals surface area contributed by atoms with Crippen molar-refractivity contribution in [3.8, 4) is 0 Å². The zero-order chi connectivity index (χ0) is 22.9. The zero-order valence-corrected chi connectivity index (χ0v) is 19.7. The Morgan fingerprint density at radius 3 is 2.59 bits per heavy atom. The second kappa shape index (κ2) is 9.25. The number of amides is 1. The molecule has 2 atom stereocenters. The molecule has 1 aromatic heterocycles. The standard InChI is InChI=1S/C23H26FN3O3S2/c1-26(23(28)13-16-7-9-17(10-8-16)32(2,29)30)20-11-12-27(14-18(20)24)15-22-25-19-5-3-4-6-21(19)31-22/h3-10,18,20H,11-15H2,1-2H3/t18-,20+/m0/s1. The second-order valence-corrected chi connectivity index (χ2v) is 11.4. The number of hydrogen-bond donors (Lipinski definition) is 0. The van der Waals surface area contributed by atoms with Crippen molar-refractivity contribution in [1.29, 1.82) is 0 Å². The van der Waals surface area contributed by atoms with Crippen LogP contribution in [-0.2, 0) is 27.6 Å². The number of halogens is 1. The fourth-order valence-electron chi connectivity index (χ4n) is 4.05. The van der Waals surface area contributed by atoms with E-state index in [9.17, 15) is 13.2 Å². The lowest BCUT2D eigenvalue weighted by atomic mass is 10.0. The van der Waals surface area contributed by atoms with Gasteiger partial charge < -0.3 is 4.90 Å². The minimum absolute atomic E-state index is 0.110. The summed E-state index contributed by atoms with van der Waals surface area (Å²) in [6, 6.07) is 13.8. The summed E-state index contributed by atoms with van der Waals surface area (Å²) < 4.78 is 39.3. The molecule has 3 aromatic rings. The molecule has 1 fully saturated rings. The number of benzene rings is 2. The van der Waals surface area contributed by atoms with E-state index in [0.717, 1.165) is 21.5 Å². The number of thiazole rings is 1. The molecular weight excluding hydrogens is 449 g/mol. The van der Waals surface area contributed by atoms with Gasteiger partial charge in [-0.1, -0.05) is 24.3 Å². The van der Waals surface area contributed by atoms with Crippen LogP contribution in [0.1, 0.15) is 17.0 Å². The Morgan fingerprint density at radius 1 is 1.22 bits per heavy atom. The maximum atomic E-state index is 15.0. The number of para-hydroxylation sites is 1. The summed E-state index contributed by atoms with van der Waals surface area (Å²) in [5, 5.41) is 0.971. The Balaban J connectivity index is 1.33. The summed E-state index contributed by atoms with van der Waals surface area (Å²) in [6.07, 6.45) is 0.672. The Labute approximate surface area is 191 Å². The van der Waals surface area contributed by atoms with Crippen LogP contribution in [0.15, 0.2) is 53.4 Å². The lowest BCUT2D eigenvalue weighted by Gasteiger charge is -2.39. The van der Waals surface area contributed by atoms with Crippen LogP contribution >= 0.6 is 11.3 Å². The van der Waals surface area contributed by atoms with E-state index in [2.05, 4.69) is 9.88 Å². The van der Waals surface area contributed by atoms with E-state index < -0.39 is 22.1 Å². The van der Waals surface area contributed by atoms with Gasteiger partial charge in [0.25, 0.3) is 0 Å². The van der Waals surface area contributed by atoms with Crippen LogP contribution in [0.2, 0.25) is 0 Å². The molecule has 0 spiro atoms. The topological polar surface area (TPSA) is 70.6 Å². The molecule has 1 aliphatic heterocycles. The van der Waals surface area contributed by atoms with Crippen molar-refractivity contribution in [2.45, 2.75) is 36.5 Å². The summed E-state index contributed by atoms with van der Waals surface area (Å²) in [4.78, 5) is 21.1. The lowest BCUT2D eigenvalue weighted by molar-refractivity contribution is -0.134. The molecule has 2 heterocycles. The number of sulfone groups is 1. The highest BCUT2D eigenvalue weighted by Crippen LogP contribution is 2.26. The number of hydrogen-bond acceptors (Lipinski definition) is 6. The van der Waals surface area contributed by atoms with Gasteiger partial charge in [0.05, 0.1) is 34.1 Å². The maximum Gasteiger partial charge on any atom is 0.227 e. The zero-order valence-electron chi connectivity index (χ0n) is 18.1. The first-order valence-corrected chi connectivity index (χ1v) is 13.2. The summed E-state index contributed by atoms with van der Waals surface area (Å²) >= 11 is 1.63. The number of piperidine rings is 1. The van der Waals surface area contributed by atoms with E-state index in [0.29, 0.717) is 25.1 Å². The van der Waals surface area contributed by atoms with Crippen LogP contribution in [0.4, 0.5) is 4.39 Å². The van der Waals surface area contributed by atoms with Gasteiger partial charge in [-0.05, 0) is 36.2 Å². The Kier molecular flexibility index (Phi) is 6.60. The quantitative estimate of drug-likeness (QED) is 0.547. The third-order valence-corrected chi connectivity index (χ3v) is 8.04. The van der Waals surface area contributed by atoms with Crippen molar-refractivity contribution in [1.82, 2.24) is 14.8 Å². The largest absolute Gasteiger partial charge is 0.339 e. The number of nitrogens with zero attached hydrogens (tertiary/aromatic N) is 3. The number of likely N-dealkylation sites (tertiary alicyclic amines) is 1. The average molecular weight is 476 g/mol. The predicted octanol–water partition coefficient (Wildman–Crippen LogP) is 3.31. The van der Waals surface area contributed by atoms with Gasteiger partial charge in [-0.2, -0.15) is 0 Å². The molecule has 0 aliphatic carbocycles. The summed E-state index contributed by atoms with van der Waals surface area (Å²) in [7, 11) is -1.63. The maximum absolute atomic E-state index is 15.0. The minimum atomic E-state index is -3.28. The average Bonchev–Trinajstić information content (AvgIpc) is 3.15. The van der Waals surface area contributed by atoms with Crippen molar-refractivity contribution in [2.75, 3.05) is 26.4 Å². The lowest BCUT2D eigenvalue weighted by Crippen LogP contribution is -2.52. The summed E-state index contributed by atoms with van der Waals surface area (Å²) in [5.74, 6) is -0.177. The number of aromatic nitrogens is 1. The Bertz CT molecular complexity index is 1180. The van der Waals surface area contributed by atoms with Gasteiger partial charge in [-0.15, -0.1) is 11.3 Å². The van der Waals surface area contributed by atoms with Gasteiger partial charge in [0, 0.05) is 26.4 Å². The van der Waals surface area contributed by atoms with Crippen LogP contribution in [0.25, 0.3) is 10.2 Å². The van der Waals surface area contributed by atoms with Crippen molar-refractivity contribution in [3.63, 3.8) is 0 Å². The van der Waals surface area contributed by atoms with Gasteiger partial charge >= 0.3 is 0 Å². The molecule has 0 N–H and O–H groups in total. The van der Waals surface area contributed by atoms with Gasteiger partial charge in [-0.3, -0.25) is 9.69 Å². The molecule has 9 heteroatoms. The fourth-order valence-corrected chi connectivity index (χ4v) is 5.69. The number of carbonyl (C=O) groups excluding carboxylic acids is 1. The number of carbonyl (C=O) groups is 1. The van der Waals surface area contributed by atoms with Gasteiger partial charge in [0.1, 0.15) is 11.2 Å². The first kappa shape index (κ1) is 22.8. The number of alkyl halides is 1.